The van der Waals surface area contributed by atoms with Gasteiger partial charge in [-0.2, -0.15) is 0 Å². The topological polar surface area (TPSA) is 124 Å². The van der Waals surface area contributed by atoms with Gasteiger partial charge < -0.3 is 5.98 Å². The molecule has 0 saturated carbocycles. The van der Waals surface area contributed by atoms with Crippen molar-refractivity contribution < 1.29 is 71.4 Å². The van der Waals surface area contributed by atoms with Gasteiger partial charge in [-0.1, -0.05) is 0 Å². The Kier molecular flexibility index (Phi) is 6.39. The van der Waals surface area contributed by atoms with Crippen LogP contribution >= 0.6 is 0 Å². The predicted octanol–water partition coefficient (Wildman–Crippen LogP) is -1.80. The smallest absolute Gasteiger partial charge is 1.00 e. The molecule has 10 heteroatoms. The largest absolute Gasteiger partial charge is 1.00 e. The first-order valence-electron chi connectivity index (χ1n) is 3.47. The van der Waals surface area contributed by atoms with Crippen LogP contribution in [0.25, 0.3) is 0 Å². The van der Waals surface area contributed by atoms with Gasteiger partial charge in [0.15, 0.2) is 11.1 Å². The Morgan fingerprint density at radius 3 is 2.19 bits per heavy atom. The molecule has 16 heavy (non-hydrogen) atoms. The Balaban J connectivity index is 0. The summed E-state index contributed by atoms with van der Waals surface area (Å²) in [5, 5.41) is 20.7. The molecular weight excluding hydrogens is 267 g/mol. The van der Waals surface area contributed by atoms with Crippen molar-refractivity contribution >= 4 is 22.5 Å². The molecule has 0 aromatic heterocycles. The molecule has 0 radical (unpaired) electrons. The number of nitro groups is 2. The molecule has 1 N–H and O–H groups in total. The van der Waals surface area contributed by atoms with Crippen molar-refractivity contribution in [3.8, 4) is 0 Å². The van der Waals surface area contributed by atoms with Crippen LogP contribution in [0.5, 0.6) is 0 Å². The molecule has 1 aromatic carbocycles. The summed E-state index contributed by atoms with van der Waals surface area (Å²) in [7, 11) is 0. The van der Waals surface area contributed by atoms with E-state index in [1.165, 1.54) is 0 Å². The van der Waals surface area contributed by atoms with Crippen LogP contribution in [0.15, 0.2) is 23.1 Å². The van der Waals surface area contributed by atoms with Gasteiger partial charge in [0.1, 0.15) is 4.90 Å². The van der Waals surface area contributed by atoms with Gasteiger partial charge >= 0.3 is 51.4 Å². The first-order valence-corrected chi connectivity index (χ1v) is 4.58. The summed E-state index contributed by atoms with van der Waals surface area (Å²) in [6, 6.07) is 2.45. The van der Waals surface area contributed by atoms with Crippen LogP contribution in [0.4, 0.5) is 11.4 Å². The summed E-state index contributed by atoms with van der Waals surface area (Å²) in [5.41, 5.74) is -1.25. The molecule has 0 spiro atoms. The van der Waals surface area contributed by atoms with E-state index in [1.54, 1.807) is 0 Å². The third-order valence-corrected chi connectivity index (χ3v) is 2.26. The second-order valence-electron chi connectivity index (χ2n) is 2.42. The Hall–Kier alpha value is -0.234. The van der Waals surface area contributed by atoms with Crippen LogP contribution in [0.3, 0.4) is 0 Å². The molecule has 1 aromatic rings. The maximum absolute atomic E-state index is 10.6. The molecule has 0 aliphatic carbocycles. The molecule has 1 rings (SSSR count). The fraction of sp³-hybridized carbons (Fsp3) is 0. The van der Waals surface area contributed by atoms with E-state index in [0.29, 0.717) is 6.07 Å². The number of benzene rings is 1. The molecular formula is C6H5KN2O6S. The normalized spacial score (nSPS) is 11.3. The van der Waals surface area contributed by atoms with E-state index < -0.39 is 37.2 Å². The third kappa shape index (κ3) is 3.66. The van der Waals surface area contributed by atoms with E-state index in [1.807, 2.05) is 0 Å². The zero-order valence-corrected chi connectivity index (χ0v) is 12.0. The molecule has 0 heterocycles. The standard InChI is InChI=1S/C6H4N2O6S.K.H/c9-7(10)4-1-2-6(15(13)14)5(3-4)8(11)12;;/h1-3H,(H,13,14);;/q;+1;-1. The monoisotopic (exact) mass is 272 g/mol. The van der Waals surface area contributed by atoms with E-state index in [-0.39, 0.29) is 52.8 Å². The summed E-state index contributed by atoms with van der Waals surface area (Å²) < 4.78 is 19.3. The van der Waals surface area contributed by atoms with E-state index in [9.17, 15) is 24.4 Å². The van der Waals surface area contributed by atoms with E-state index in [0.717, 1.165) is 12.1 Å². The average molecular weight is 272 g/mol. The summed E-state index contributed by atoms with van der Waals surface area (Å²) in [4.78, 5) is 18.5. The minimum Gasteiger partial charge on any atom is -1.00 e. The number of nitro benzene ring substituents is 2. The second-order valence-corrected chi connectivity index (χ2v) is 3.35. The average Bonchev–Trinajstić information content (AvgIpc) is 2.16. The first-order chi connectivity index (χ1) is 6.93. The number of non-ortho nitro benzene ring substituents is 1. The maximum atomic E-state index is 10.6. The van der Waals surface area contributed by atoms with Gasteiger partial charge in [0.2, 0.25) is 0 Å². The summed E-state index contributed by atoms with van der Waals surface area (Å²) in [6.07, 6.45) is 0. The van der Waals surface area contributed by atoms with Gasteiger partial charge in [0.25, 0.3) is 11.4 Å². The third-order valence-electron chi connectivity index (χ3n) is 1.54. The fourth-order valence-electron chi connectivity index (χ4n) is 0.910. The second kappa shape index (κ2) is 6.49. The van der Waals surface area contributed by atoms with E-state index in [2.05, 4.69) is 0 Å². The number of hydrogen-bond donors (Lipinski definition) is 1. The van der Waals surface area contributed by atoms with E-state index in [4.69, 9.17) is 4.55 Å². The van der Waals surface area contributed by atoms with Crippen molar-refractivity contribution in [2.45, 2.75) is 4.90 Å². The van der Waals surface area contributed by atoms with Crippen LogP contribution in [-0.2, 0) is 11.1 Å². The van der Waals surface area contributed by atoms with Crippen molar-refractivity contribution in [1.82, 2.24) is 0 Å². The first kappa shape index (κ1) is 15.8. The van der Waals surface area contributed by atoms with Crippen molar-refractivity contribution in [2.75, 3.05) is 0 Å². The van der Waals surface area contributed by atoms with Gasteiger partial charge in [-0.3, -0.25) is 20.2 Å². The maximum Gasteiger partial charge on any atom is 1.00 e. The van der Waals surface area contributed by atoms with Gasteiger partial charge in [-0.05, 0) is 6.07 Å². The summed E-state index contributed by atoms with van der Waals surface area (Å²) >= 11 is -2.55. The molecule has 0 aliphatic rings. The summed E-state index contributed by atoms with van der Waals surface area (Å²) in [5.74, 6) is 0. The molecule has 0 saturated heterocycles. The van der Waals surface area contributed by atoms with Crippen LogP contribution in [0, 0.1) is 20.2 Å². The molecule has 1 unspecified atom stereocenters. The molecule has 0 aliphatic heterocycles. The van der Waals surface area contributed by atoms with Gasteiger partial charge in [0.05, 0.1) is 15.9 Å². The molecule has 0 amide bonds. The SMILES string of the molecule is O=[N+]([O-])c1ccc(S(=O)O)c([N+](=O)[O-])c1.[H-].[K+]. The Labute approximate surface area is 136 Å². The van der Waals surface area contributed by atoms with Crippen molar-refractivity contribution in [1.29, 1.82) is 0 Å². The van der Waals surface area contributed by atoms with Gasteiger partial charge in [-0.15, -0.1) is 0 Å². The molecule has 1 atom stereocenters. The zero-order valence-electron chi connectivity index (χ0n) is 9.02. The van der Waals surface area contributed by atoms with Crippen LogP contribution < -0.4 is 51.4 Å². The molecule has 0 fully saturated rings. The minimum atomic E-state index is -2.55. The Morgan fingerprint density at radius 1 is 1.25 bits per heavy atom. The van der Waals surface area contributed by atoms with Crippen molar-refractivity contribution in [3.05, 3.63) is 38.4 Å². The minimum absolute atomic E-state index is 0. The van der Waals surface area contributed by atoms with Crippen LogP contribution in [0.2, 0.25) is 0 Å². The van der Waals surface area contributed by atoms with Crippen LogP contribution in [-0.4, -0.2) is 18.6 Å². The number of hydrogen-bond acceptors (Lipinski definition) is 5. The van der Waals surface area contributed by atoms with E-state index >= 15 is 0 Å². The quantitative estimate of drug-likeness (QED) is 0.299. The predicted molar refractivity (Wildman–Crippen MR) is 49.9 cm³/mol. The number of nitrogens with zero attached hydrogens (tertiary/aromatic N) is 2. The van der Waals surface area contributed by atoms with Crippen molar-refractivity contribution in [3.63, 3.8) is 0 Å². The number of rotatable bonds is 3. The van der Waals surface area contributed by atoms with Crippen molar-refractivity contribution in [2.24, 2.45) is 0 Å². The van der Waals surface area contributed by atoms with Gasteiger partial charge in [-0.25, -0.2) is 4.21 Å². The Bertz CT molecular complexity index is 470. The molecule has 0 bridgehead atoms. The zero-order chi connectivity index (χ0) is 11.6. The Morgan fingerprint density at radius 2 is 1.81 bits per heavy atom. The van der Waals surface area contributed by atoms with Gasteiger partial charge in [0, 0.05) is 6.07 Å². The molecule has 82 valence electrons. The molecule has 8 nitrogen and oxygen atoms in total. The summed E-state index contributed by atoms with van der Waals surface area (Å²) in [6.45, 7) is 0. The van der Waals surface area contributed by atoms with Crippen LogP contribution in [0.1, 0.15) is 1.43 Å². The fourth-order valence-corrected chi connectivity index (χ4v) is 1.41.